The number of Topliss-reactive ketones (excluding diaryl/α,β-unsaturated/α-hetero) is 1. The minimum absolute atomic E-state index is 0.239. The van der Waals surface area contributed by atoms with Gasteiger partial charge in [0.05, 0.1) is 17.5 Å². The third-order valence-corrected chi connectivity index (χ3v) is 10.0. The van der Waals surface area contributed by atoms with E-state index in [0.717, 1.165) is 38.5 Å². The molecule has 0 saturated carbocycles. The number of nitrogens with one attached hydrogen (secondary N) is 2. The Morgan fingerprint density at radius 1 is 0.812 bits per heavy atom. The number of para-hydroxylation sites is 2. The topological polar surface area (TPSA) is 145 Å². The summed E-state index contributed by atoms with van der Waals surface area (Å²) in [5.41, 5.74) is 16.9. The van der Waals surface area contributed by atoms with Gasteiger partial charge in [-0.15, -0.1) is 0 Å². The van der Waals surface area contributed by atoms with Gasteiger partial charge in [0.15, 0.2) is 5.78 Å². The van der Waals surface area contributed by atoms with Gasteiger partial charge in [-0.3, -0.25) is 19.4 Å². The second-order valence-corrected chi connectivity index (χ2v) is 13.3. The van der Waals surface area contributed by atoms with Crippen LogP contribution in [-0.4, -0.2) is 88.3 Å². The summed E-state index contributed by atoms with van der Waals surface area (Å²) >= 11 is 0. The number of nitrogens with zero attached hydrogens (tertiary/aromatic N) is 3. The van der Waals surface area contributed by atoms with Gasteiger partial charge in [0.25, 0.3) is 0 Å². The molecule has 6 rings (SSSR count). The molecule has 1 aliphatic heterocycles. The highest BCUT2D eigenvalue weighted by Crippen LogP contribution is 2.42. The van der Waals surface area contributed by atoms with Gasteiger partial charge >= 0.3 is 0 Å². The predicted molar refractivity (Wildman–Crippen MR) is 189 cm³/mol. The molecular formula is C38H45N7O3. The molecule has 10 heteroatoms. The lowest BCUT2D eigenvalue weighted by Gasteiger charge is -2.51. The van der Waals surface area contributed by atoms with E-state index in [2.05, 4.69) is 9.97 Å². The molecule has 1 saturated heterocycles. The first-order valence-corrected chi connectivity index (χ1v) is 16.6. The molecule has 2 amide bonds. The van der Waals surface area contributed by atoms with Crippen molar-refractivity contribution in [1.29, 1.82) is 0 Å². The van der Waals surface area contributed by atoms with E-state index >= 15 is 0 Å². The lowest BCUT2D eigenvalue weighted by Crippen LogP contribution is -2.68. The lowest BCUT2D eigenvalue weighted by molar-refractivity contribution is -0.169. The van der Waals surface area contributed by atoms with Crippen molar-refractivity contribution in [3.8, 4) is 0 Å². The zero-order valence-electron chi connectivity index (χ0n) is 27.9. The summed E-state index contributed by atoms with van der Waals surface area (Å²) in [6.45, 7) is 0.298. The van der Waals surface area contributed by atoms with E-state index in [1.165, 1.54) is 5.01 Å². The van der Waals surface area contributed by atoms with Gasteiger partial charge < -0.3 is 26.3 Å². The third-order valence-electron chi connectivity index (χ3n) is 10.0. The number of hydrogen-bond acceptors (Lipinski definition) is 6. The number of H-pyrrole nitrogens is 2. The maximum absolute atomic E-state index is 14.9. The van der Waals surface area contributed by atoms with Gasteiger partial charge in [0, 0.05) is 61.9 Å². The maximum atomic E-state index is 14.9. The second-order valence-electron chi connectivity index (χ2n) is 13.3. The number of ketones is 1. The van der Waals surface area contributed by atoms with E-state index in [-0.39, 0.29) is 36.9 Å². The van der Waals surface area contributed by atoms with Crippen molar-refractivity contribution in [1.82, 2.24) is 24.9 Å². The number of piperidine rings is 1. The Morgan fingerprint density at radius 3 is 1.94 bits per heavy atom. The number of aromatic amines is 2. The summed E-state index contributed by atoms with van der Waals surface area (Å²) in [6, 6.07) is 22.4. The van der Waals surface area contributed by atoms with Crippen LogP contribution in [0.15, 0.2) is 91.3 Å². The molecule has 2 aromatic heterocycles. The molecule has 1 fully saturated rings. The van der Waals surface area contributed by atoms with Crippen LogP contribution in [0, 0.1) is 5.41 Å². The van der Waals surface area contributed by atoms with Crippen molar-refractivity contribution in [3.05, 3.63) is 108 Å². The van der Waals surface area contributed by atoms with Crippen LogP contribution >= 0.6 is 0 Å². The first-order chi connectivity index (χ1) is 23.1. The van der Waals surface area contributed by atoms with E-state index in [1.807, 2.05) is 91.3 Å². The molecule has 1 unspecified atom stereocenters. The van der Waals surface area contributed by atoms with Crippen LogP contribution in [-0.2, 0) is 33.6 Å². The molecule has 10 nitrogen and oxygen atoms in total. The molecule has 48 heavy (non-hydrogen) atoms. The van der Waals surface area contributed by atoms with E-state index in [1.54, 1.807) is 31.1 Å². The average Bonchev–Trinajstić information content (AvgIpc) is 3.71. The molecule has 0 radical (unpaired) electrons. The van der Waals surface area contributed by atoms with Crippen LogP contribution in [0.4, 0.5) is 0 Å². The first-order valence-electron chi connectivity index (χ1n) is 16.6. The average molecular weight is 648 g/mol. The first kappa shape index (κ1) is 33.1. The Morgan fingerprint density at radius 2 is 1.35 bits per heavy atom. The molecule has 3 heterocycles. The van der Waals surface area contributed by atoms with Crippen LogP contribution in [0.25, 0.3) is 21.8 Å². The summed E-state index contributed by atoms with van der Waals surface area (Å²) in [5.74, 6) is -0.948. The zero-order valence-corrected chi connectivity index (χ0v) is 27.9. The fourth-order valence-electron chi connectivity index (χ4n) is 7.42. The van der Waals surface area contributed by atoms with Gasteiger partial charge in [0.2, 0.25) is 11.8 Å². The highest BCUT2D eigenvalue weighted by molar-refractivity contribution is 6.00. The van der Waals surface area contributed by atoms with Gasteiger partial charge in [-0.1, -0.05) is 66.7 Å². The molecule has 3 aromatic carbocycles. The van der Waals surface area contributed by atoms with Gasteiger partial charge in [-0.2, -0.15) is 0 Å². The lowest BCUT2D eigenvalue weighted by atomic mass is 9.65. The number of amides is 2. The Balaban J connectivity index is 1.41. The normalized spacial score (nSPS) is 19.5. The van der Waals surface area contributed by atoms with Crippen LogP contribution in [0.1, 0.15) is 29.5 Å². The number of carbonyl (C=O) groups is 3. The fourth-order valence-corrected chi connectivity index (χ4v) is 7.42. The van der Waals surface area contributed by atoms with Crippen molar-refractivity contribution in [2.45, 2.75) is 50.2 Å². The number of fused-ring (bicyclic) bond motifs is 2. The van der Waals surface area contributed by atoms with Crippen LogP contribution in [0.5, 0.6) is 0 Å². The smallest absolute Gasteiger partial charge is 0.245 e. The standard InChI is InChI=1S/C38H45N7O3/c1-43(2)44(3)37(48)38(22-25-12-5-4-6-13-25)18-11-19-45(36(47)31(40)21-27-24-42-33-17-10-8-15-29(27)33)35(38)34(46)30(39)20-26-23-41-32-16-9-7-14-28(26)32/h4-10,12-17,23-24,30-31,35,41-42H,11,18-22,39-40H2,1-3H3/t30-,31-,35?,38+/m1/s1. The Kier molecular flexibility index (Phi) is 9.50. The van der Waals surface area contributed by atoms with Crippen LogP contribution in [0.3, 0.4) is 0 Å². The Bertz CT molecular complexity index is 1920. The van der Waals surface area contributed by atoms with E-state index in [9.17, 15) is 14.4 Å². The van der Waals surface area contributed by atoms with E-state index in [4.69, 9.17) is 11.5 Å². The van der Waals surface area contributed by atoms with Crippen molar-refractivity contribution < 1.29 is 14.4 Å². The Labute approximate surface area is 281 Å². The molecule has 5 aromatic rings. The minimum atomic E-state index is -1.27. The molecule has 0 aliphatic carbocycles. The van der Waals surface area contributed by atoms with Crippen molar-refractivity contribution in [3.63, 3.8) is 0 Å². The molecule has 0 spiro atoms. The van der Waals surface area contributed by atoms with Gasteiger partial charge in [0.1, 0.15) is 6.04 Å². The largest absolute Gasteiger partial charge is 0.361 e. The summed E-state index contributed by atoms with van der Waals surface area (Å²) in [7, 11) is 5.28. The minimum Gasteiger partial charge on any atom is -0.361 e. The second kappa shape index (κ2) is 13.8. The third kappa shape index (κ3) is 6.26. The number of hydrogen-bond donors (Lipinski definition) is 4. The fraction of sp³-hybridized carbons (Fsp3) is 0.342. The highest BCUT2D eigenvalue weighted by Gasteiger charge is 2.57. The number of likely N-dealkylation sites (tertiary alicyclic amines) is 1. The van der Waals surface area contributed by atoms with Crippen LogP contribution in [0.2, 0.25) is 0 Å². The van der Waals surface area contributed by atoms with Crippen molar-refractivity contribution in [2.75, 3.05) is 27.7 Å². The Hall–Kier alpha value is -4.77. The molecule has 1 aliphatic rings. The van der Waals surface area contributed by atoms with E-state index < -0.39 is 23.5 Å². The summed E-state index contributed by atoms with van der Waals surface area (Å²) in [4.78, 5) is 52.3. The molecule has 4 atom stereocenters. The van der Waals surface area contributed by atoms with Crippen molar-refractivity contribution in [2.24, 2.45) is 16.9 Å². The summed E-state index contributed by atoms with van der Waals surface area (Å²) in [5, 5.41) is 5.21. The molecule has 0 bridgehead atoms. The van der Waals surface area contributed by atoms with E-state index in [0.29, 0.717) is 19.4 Å². The number of hydrazine groups is 1. The quantitative estimate of drug-likeness (QED) is 0.161. The SMILES string of the molecule is CN(C)N(C)C(=O)[C@]1(Cc2ccccc2)CCCN(C(=O)[C@H](N)Cc2c[nH]c3ccccc23)C1C(=O)[C@H](N)Cc1c[nH]c2ccccc12. The van der Waals surface area contributed by atoms with Gasteiger partial charge in [-0.25, -0.2) is 5.01 Å². The van der Waals surface area contributed by atoms with Gasteiger partial charge in [-0.05, 0) is 60.9 Å². The highest BCUT2D eigenvalue weighted by atomic mass is 16.2. The number of carbonyl (C=O) groups excluding carboxylic acids is 3. The van der Waals surface area contributed by atoms with Crippen LogP contribution < -0.4 is 11.5 Å². The number of rotatable bonds is 11. The van der Waals surface area contributed by atoms with Crippen molar-refractivity contribution >= 4 is 39.4 Å². The molecular weight excluding hydrogens is 602 g/mol. The summed E-state index contributed by atoms with van der Waals surface area (Å²) < 4.78 is 0. The molecule has 6 N–H and O–H groups in total. The molecule has 250 valence electrons. The number of benzene rings is 3. The number of nitrogens with two attached hydrogens (primary N) is 2. The monoisotopic (exact) mass is 647 g/mol. The maximum Gasteiger partial charge on any atom is 0.245 e. The number of aromatic nitrogens is 2. The summed E-state index contributed by atoms with van der Waals surface area (Å²) in [6.07, 6.45) is 5.50. The predicted octanol–water partition coefficient (Wildman–Crippen LogP) is 3.81. The zero-order chi connectivity index (χ0) is 34.0.